The van der Waals surface area contributed by atoms with E-state index in [1.54, 1.807) is 6.92 Å². The molecule has 7 nitrogen and oxygen atoms in total. The smallest absolute Gasteiger partial charge is 0.543 e. The number of amides is 1. The molecule has 0 radical (unpaired) electrons. The van der Waals surface area contributed by atoms with E-state index < -0.39 is 18.0 Å². The van der Waals surface area contributed by atoms with E-state index in [4.69, 9.17) is 5.21 Å². The molecule has 0 spiro atoms. The molecule has 2 rings (SSSR count). The predicted molar refractivity (Wildman–Crippen MR) is 77.4 cm³/mol. The molecule has 0 bridgehead atoms. The molecular formula is C12H15N2NaO5S2. The quantitative estimate of drug-likeness (QED) is 0.170. The van der Waals surface area contributed by atoms with Crippen LogP contribution in [0.2, 0.25) is 0 Å². The molecule has 2 heterocycles. The summed E-state index contributed by atoms with van der Waals surface area (Å²) in [6.45, 7) is 3.18. The summed E-state index contributed by atoms with van der Waals surface area (Å²) in [7, 11) is 0. The van der Waals surface area contributed by atoms with Crippen molar-refractivity contribution in [2.75, 3.05) is 5.75 Å². The summed E-state index contributed by atoms with van der Waals surface area (Å²) in [6, 6.07) is 0. The first-order valence-corrected chi connectivity index (χ1v) is 8.18. The van der Waals surface area contributed by atoms with Gasteiger partial charge in [0.15, 0.2) is 0 Å². The number of rotatable bonds is 6. The monoisotopic (exact) mass is 354 g/mol. The second kappa shape index (κ2) is 8.07. The first kappa shape index (κ1) is 19.9. The van der Waals surface area contributed by atoms with Gasteiger partial charge in [0.25, 0.3) is 0 Å². The summed E-state index contributed by atoms with van der Waals surface area (Å²) in [5.74, 6) is -1.82. The molecule has 116 valence electrons. The fourth-order valence-corrected chi connectivity index (χ4v) is 5.22. The van der Waals surface area contributed by atoms with Crippen molar-refractivity contribution in [3.05, 3.63) is 9.93 Å². The maximum absolute atomic E-state index is 11.9. The minimum absolute atomic E-state index is 0. The third-order valence-corrected chi connectivity index (χ3v) is 5.99. The van der Waals surface area contributed by atoms with Crippen molar-refractivity contribution in [2.24, 2.45) is 11.1 Å². The zero-order valence-electron chi connectivity index (χ0n) is 12.5. The summed E-state index contributed by atoms with van der Waals surface area (Å²) >= 11 is 2.54. The first-order valence-electron chi connectivity index (χ1n) is 6.32. The molecule has 10 heteroatoms. The summed E-state index contributed by atoms with van der Waals surface area (Å²) < 4.78 is 0.502. The van der Waals surface area contributed by atoms with Crippen molar-refractivity contribution in [1.29, 1.82) is 0 Å². The van der Waals surface area contributed by atoms with Crippen LogP contribution in [0.15, 0.2) is 15.1 Å². The third-order valence-electron chi connectivity index (χ3n) is 3.33. The zero-order valence-corrected chi connectivity index (χ0v) is 16.1. The average Bonchev–Trinajstić information content (AvgIpc) is 2.72. The van der Waals surface area contributed by atoms with Gasteiger partial charge >= 0.3 is 29.6 Å². The summed E-state index contributed by atoms with van der Waals surface area (Å²) in [4.78, 5) is 24.4. The van der Waals surface area contributed by atoms with Gasteiger partial charge in [-0.3, -0.25) is 9.69 Å². The van der Waals surface area contributed by atoms with Crippen LogP contribution in [0.4, 0.5) is 0 Å². The molecule has 1 unspecified atom stereocenters. The van der Waals surface area contributed by atoms with E-state index in [9.17, 15) is 19.8 Å². The van der Waals surface area contributed by atoms with Crippen LogP contribution >= 0.6 is 23.5 Å². The standard InChI is InChI=1S/C12H16N2O5S2.Na/c1-5(13-19)3-4-20-12-8(11(17)18)14-9(16)7(6(2)15)10(14)21-12;/h6-7,10,15,19H,3-4H2,1-2H3,(H,17,18);/q;+1/p-1/t6?,7-,10+;/m0./s1. The van der Waals surface area contributed by atoms with Gasteiger partial charge in [-0.15, -0.1) is 11.8 Å². The average molecular weight is 354 g/mol. The number of β-lactam (4-membered cyclic amide) rings is 1. The summed E-state index contributed by atoms with van der Waals surface area (Å²) in [5, 5.41) is 32.1. The molecule has 2 N–H and O–H groups in total. The Bertz CT molecular complexity index is 538. The van der Waals surface area contributed by atoms with Crippen molar-refractivity contribution < 1.29 is 54.6 Å². The number of carbonyl (C=O) groups excluding carboxylic acids is 2. The summed E-state index contributed by atoms with van der Waals surface area (Å²) in [6.07, 6.45) is -0.313. The van der Waals surface area contributed by atoms with E-state index in [0.29, 0.717) is 22.1 Å². The molecule has 2 aliphatic heterocycles. The van der Waals surface area contributed by atoms with Crippen LogP contribution in [0.1, 0.15) is 20.3 Å². The number of oxime groups is 1. The van der Waals surface area contributed by atoms with Crippen molar-refractivity contribution >= 4 is 41.1 Å². The Morgan fingerprint density at radius 1 is 1.59 bits per heavy atom. The summed E-state index contributed by atoms with van der Waals surface area (Å²) in [5.41, 5.74) is 0.429. The maximum Gasteiger partial charge on any atom is 1.00 e. The molecule has 0 aromatic heterocycles. The fourth-order valence-electron chi connectivity index (χ4n) is 2.18. The number of fused-ring (bicyclic) bond motifs is 1. The van der Waals surface area contributed by atoms with Crippen LogP contribution in [0.3, 0.4) is 0 Å². The molecule has 3 atom stereocenters. The normalized spacial score (nSPS) is 25.5. The predicted octanol–water partition coefficient (Wildman–Crippen LogP) is -3.21. The second-order valence-corrected chi connectivity index (χ2v) is 7.33. The van der Waals surface area contributed by atoms with Crippen LogP contribution < -0.4 is 34.7 Å². The SMILES string of the molecule is CC(CCSC1=C(C(=O)[O-])N2C(=O)[C@H](C(C)O)[C@H]2S1)=NO.[Na+]. The first-order chi connectivity index (χ1) is 9.88. The molecule has 1 amide bonds. The molecule has 0 aromatic carbocycles. The molecule has 1 saturated heterocycles. The van der Waals surface area contributed by atoms with E-state index in [1.165, 1.54) is 35.3 Å². The minimum Gasteiger partial charge on any atom is -0.543 e. The second-order valence-electron chi connectivity index (χ2n) is 4.84. The van der Waals surface area contributed by atoms with Gasteiger partial charge < -0.3 is 20.2 Å². The molecule has 22 heavy (non-hydrogen) atoms. The van der Waals surface area contributed by atoms with Gasteiger partial charge in [-0.1, -0.05) is 16.9 Å². The van der Waals surface area contributed by atoms with Crippen molar-refractivity contribution in [1.82, 2.24) is 4.90 Å². The zero-order chi connectivity index (χ0) is 15.7. The number of hydrogen-bond donors (Lipinski definition) is 2. The fraction of sp³-hybridized carbons (Fsp3) is 0.583. The number of aliphatic hydroxyl groups excluding tert-OH is 1. The largest absolute Gasteiger partial charge is 1.00 e. The number of carboxylic acid groups (broad SMARTS) is 1. The molecule has 0 aliphatic carbocycles. The Morgan fingerprint density at radius 3 is 2.73 bits per heavy atom. The number of aliphatic hydroxyl groups is 1. The Morgan fingerprint density at radius 2 is 2.23 bits per heavy atom. The van der Waals surface area contributed by atoms with E-state index in [2.05, 4.69) is 5.16 Å². The number of carbonyl (C=O) groups is 2. The van der Waals surface area contributed by atoms with Crippen LogP contribution in [0, 0.1) is 5.92 Å². The van der Waals surface area contributed by atoms with Crippen molar-refractivity contribution in [3.63, 3.8) is 0 Å². The van der Waals surface area contributed by atoms with Gasteiger partial charge in [0.2, 0.25) is 5.91 Å². The van der Waals surface area contributed by atoms with Gasteiger partial charge in [0.1, 0.15) is 5.37 Å². The minimum atomic E-state index is -1.39. The topological polar surface area (TPSA) is 113 Å². The van der Waals surface area contributed by atoms with Gasteiger partial charge in [-0.25, -0.2) is 0 Å². The number of carboxylic acids is 1. The van der Waals surface area contributed by atoms with Crippen LogP contribution in [0.5, 0.6) is 0 Å². The Balaban J connectivity index is 0.00000242. The molecule has 1 fully saturated rings. The molecule has 0 aromatic rings. The third kappa shape index (κ3) is 3.65. The van der Waals surface area contributed by atoms with Gasteiger partial charge in [0.05, 0.1) is 33.6 Å². The van der Waals surface area contributed by atoms with E-state index in [-0.39, 0.29) is 46.5 Å². The van der Waals surface area contributed by atoms with Crippen LogP contribution in [0.25, 0.3) is 0 Å². The van der Waals surface area contributed by atoms with E-state index in [0.717, 1.165) is 0 Å². The van der Waals surface area contributed by atoms with Crippen molar-refractivity contribution in [2.45, 2.75) is 31.7 Å². The van der Waals surface area contributed by atoms with Crippen LogP contribution in [-0.4, -0.2) is 50.0 Å². The Labute approximate surface area is 158 Å². The van der Waals surface area contributed by atoms with E-state index in [1.807, 2.05) is 0 Å². The molecular weight excluding hydrogens is 339 g/mol. The van der Waals surface area contributed by atoms with E-state index >= 15 is 0 Å². The number of hydrogen-bond acceptors (Lipinski definition) is 8. The Kier molecular flexibility index (Phi) is 7.28. The van der Waals surface area contributed by atoms with Crippen LogP contribution in [-0.2, 0) is 9.59 Å². The maximum atomic E-state index is 11.9. The van der Waals surface area contributed by atoms with Gasteiger partial charge in [-0.05, 0) is 20.3 Å². The molecule has 0 saturated carbocycles. The van der Waals surface area contributed by atoms with Crippen molar-refractivity contribution in [3.8, 4) is 0 Å². The Hall–Kier alpha value is -0.190. The number of aliphatic carboxylic acids is 1. The molecule has 2 aliphatic rings. The van der Waals surface area contributed by atoms with Gasteiger partial charge in [0, 0.05) is 5.75 Å². The van der Waals surface area contributed by atoms with Gasteiger partial charge in [-0.2, -0.15) is 0 Å². The number of nitrogens with zero attached hydrogens (tertiary/aromatic N) is 2. The number of thioether (sulfide) groups is 2.